The zero-order chi connectivity index (χ0) is 41.3. The van der Waals surface area contributed by atoms with Crippen LogP contribution in [0.25, 0.3) is 0 Å². The van der Waals surface area contributed by atoms with Gasteiger partial charge in [0, 0.05) is 34.8 Å². The first kappa shape index (κ1) is 39.5. The number of carboxylic acid groups (broad SMARTS) is 1. The molecule has 0 spiro atoms. The Morgan fingerprint density at radius 3 is 2.12 bits per heavy atom. The Labute approximate surface area is 348 Å². The number of carbonyl (C=O) groups excluding carboxylic acids is 4. The molecule has 8 rings (SSSR count). The normalized spacial score (nSPS) is 19.9. The lowest BCUT2D eigenvalue weighted by molar-refractivity contribution is -0.924. The van der Waals surface area contributed by atoms with E-state index in [1.165, 1.54) is 42.0 Å². The van der Waals surface area contributed by atoms with Gasteiger partial charge in [-0.25, -0.2) is 4.98 Å². The van der Waals surface area contributed by atoms with Gasteiger partial charge in [0.05, 0.1) is 18.7 Å². The summed E-state index contributed by atoms with van der Waals surface area (Å²) in [5, 5.41) is 24.7. The number of amides is 2. The molecule has 0 radical (unpaired) electrons. The monoisotopic (exact) mass is 828 g/mol. The van der Waals surface area contributed by atoms with E-state index in [0.717, 1.165) is 27.8 Å². The molecular formula is C44H40N6O7S2. The Hall–Kier alpha value is -6.29. The molecule has 0 saturated carbocycles. The number of ether oxygens (including phenoxy) is 1. The van der Waals surface area contributed by atoms with Crippen LogP contribution in [0.5, 0.6) is 5.75 Å². The molecule has 5 aromatic rings. The number of nitrogens with zero attached hydrogens (tertiary/aromatic N) is 4. The first-order valence-electron chi connectivity index (χ1n) is 18.8. The van der Waals surface area contributed by atoms with Gasteiger partial charge in [0.2, 0.25) is 0 Å². The summed E-state index contributed by atoms with van der Waals surface area (Å²) in [6.45, 7) is 2.91. The van der Waals surface area contributed by atoms with Crippen molar-refractivity contribution in [2.24, 2.45) is 5.16 Å². The third-order valence-electron chi connectivity index (χ3n) is 10.7. The van der Waals surface area contributed by atoms with Crippen LogP contribution >= 0.6 is 23.1 Å². The van der Waals surface area contributed by atoms with Crippen LogP contribution in [-0.4, -0.2) is 81.7 Å². The number of β-lactam (4-membered cyclic amide) rings is 1. The van der Waals surface area contributed by atoms with Crippen molar-refractivity contribution in [2.45, 2.75) is 37.0 Å². The van der Waals surface area contributed by atoms with Crippen molar-refractivity contribution < 1.29 is 38.3 Å². The number of nitrogens with one attached hydrogen (secondary N) is 2. The molecule has 4 heterocycles. The summed E-state index contributed by atoms with van der Waals surface area (Å²) < 4.78 is 5.73. The highest BCUT2D eigenvalue weighted by Crippen LogP contribution is 2.43. The fourth-order valence-corrected chi connectivity index (χ4v) is 10.4. The molecule has 1 fully saturated rings. The topological polar surface area (TPSA) is 162 Å². The van der Waals surface area contributed by atoms with Gasteiger partial charge in [0.25, 0.3) is 11.8 Å². The van der Waals surface area contributed by atoms with Gasteiger partial charge in [-0.3, -0.25) is 19.3 Å². The number of carboxylic acids is 1. The molecule has 2 amide bonds. The first-order chi connectivity index (χ1) is 28.5. The van der Waals surface area contributed by atoms with Crippen molar-refractivity contribution in [2.75, 3.05) is 31.8 Å². The number of hydrogen-bond acceptors (Lipinski definition) is 12. The van der Waals surface area contributed by atoms with Crippen LogP contribution in [0.4, 0.5) is 5.13 Å². The number of hydrogen-bond donors (Lipinski definition) is 2. The van der Waals surface area contributed by atoms with Crippen LogP contribution in [0.2, 0.25) is 0 Å². The van der Waals surface area contributed by atoms with Gasteiger partial charge in [-0.2, -0.15) is 0 Å². The number of anilines is 1. The second-order valence-corrected chi connectivity index (χ2v) is 16.8. The molecule has 300 valence electrons. The Bertz CT molecular complexity index is 2400. The lowest BCUT2D eigenvalue weighted by atomic mass is 9.77. The molecule has 1 aromatic heterocycles. The fraction of sp³-hybridized carbons (Fsp3) is 0.227. The smallest absolute Gasteiger partial charge is 0.308 e. The zero-order valence-electron chi connectivity index (χ0n) is 32.4. The van der Waals surface area contributed by atoms with Crippen LogP contribution in [0.3, 0.4) is 0 Å². The number of likely N-dealkylation sites (N-methyl/N-ethyl adjacent to an activating group) is 1. The number of carbonyl (C=O) groups is 4. The Morgan fingerprint density at radius 1 is 0.932 bits per heavy atom. The number of esters is 1. The maximum atomic E-state index is 13.9. The highest BCUT2D eigenvalue weighted by atomic mass is 32.2. The minimum absolute atomic E-state index is 0.146. The van der Waals surface area contributed by atoms with E-state index in [4.69, 9.17) is 14.6 Å². The summed E-state index contributed by atoms with van der Waals surface area (Å²) in [5.74, 6) is -2.36. The highest BCUT2D eigenvalue weighted by molar-refractivity contribution is 8.00. The van der Waals surface area contributed by atoms with Crippen LogP contribution in [0.15, 0.2) is 131 Å². The number of fused-ring (bicyclic) bond motifs is 2. The van der Waals surface area contributed by atoms with Crippen molar-refractivity contribution in [1.82, 2.24) is 15.2 Å². The molecule has 3 atom stereocenters. The maximum Gasteiger partial charge on any atom is 0.308 e. The van der Waals surface area contributed by atoms with Gasteiger partial charge in [-0.1, -0.05) is 96.2 Å². The van der Waals surface area contributed by atoms with Gasteiger partial charge >= 0.3 is 5.97 Å². The lowest BCUT2D eigenvalue weighted by Gasteiger charge is -2.51. The lowest BCUT2D eigenvalue weighted by Crippen LogP contribution is -2.71. The van der Waals surface area contributed by atoms with Gasteiger partial charge in [-0.15, -0.1) is 23.1 Å². The molecule has 3 aliphatic heterocycles. The molecule has 13 nitrogen and oxygen atoms in total. The van der Waals surface area contributed by atoms with Gasteiger partial charge in [-0.05, 0) is 34.9 Å². The molecule has 15 heteroatoms. The van der Waals surface area contributed by atoms with Crippen molar-refractivity contribution in [3.63, 3.8) is 0 Å². The molecule has 0 aliphatic carbocycles. The number of rotatable bonds is 13. The molecule has 59 heavy (non-hydrogen) atoms. The Morgan fingerprint density at radius 2 is 1.54 bits per heavy atom. The first-order valence-corrected chi connectivity index (χ1v) is 20.8. The summed E-state index contributed by atoms with van der Waals surface area (Å²) in [7, 11) is 3.33. The van der Waals surface area contributed by atoms with E-state index in [1.807, 2.05) is 73.8 Å². The van der Waals surface area contributed by atoms with Crippen LogP contribution in [0.1, 0.15) is 40.4 Å². The van der Waals surface area contributed by atoms with E-state index in [1.54, 1.807) is 11.4 Å². The van der Waals surface area contributed by atoms with Crippen molar-refractivity contribution in [1.29, 1.82) is 0 Å². The largest absolute Gasteiger partial charge is 0.543 e. The second-order valence-electron chi connectivity index (χ2n) is 14.9. The molecule has 0 bridgehead atoms. The summed E-state index contributed by atoms with van der Waals surface area (Å²) in [6, 6.07) is 34.6. The summed E-state index contributed by atoms with van der Waals surface area (Å²) in [6.07, 6.45) is 0. The van der Waals surface area contributed by atoms with Crippen molar-refractivity contribution >= 4 is 57.7 Å². The van der Waals surface area contributed by atoms with Gasteiger partial charge in [0.15, 0.2) is 10.8 Å². The van der Waals surface area contributed by atoms with Gasteiger partial charge in [0.1, 0.15) is 55.1 Å². The third kappa shape index (κ3) is 7.59. The zero-order valence-corrected chi connectivity index (χ0v) is 34.0. The maximum absolute atomic E-state index is 13.9. The predicted molar refractivity (Wildman–Crippen MR) is 222 cm³/mol. The number of aromatic nitrogens is 1. The molecule has 2 unspecified atom stereocenters. The van der Waals surface area contributed by atoms with E-state index in [9.17, 15) is 24.3 Å². The minimum Gasteiger partial charge on any atom is -0.543 e. The van der Waals surface area contributed by atoms with Crippen molar-refractivity contribution in [3.8, 4) is 5.75 Å². The fourth-order valence-electron chi connectivity index (χ4n) is 8.26. The van der Waals surface area contributed by atoms with Crippen molar-refractivity contribution in [3.05, 3.63) is 159 Å². The van der Waals surface area contributed by atoms with E-state index in [-0.39, 0.29) is 17.1 Å². The number of aliphatic carboxylic acids is 1. The molecule has 2 N–H and O–H groups in total. The quantitative estimate of drug-likeness (QED) is 0.0332. The number of thioether (sulfide) groups is 1. The highest BCUT2D eigenvalue weighted by Gasteiger charge is 2.54. The third-order valence-corrected chi connectivity index (χ3v) is 12.8. The number of quaternary nitrogens is 1. The van der Waals surface area contributed by atoms with E-state index in [0.29, 0.717) is 46.3 Å². The van der Waals surface area contributed by atoms with Crippen LogP contribution < -0.4 is 20.5 Å². The summed E-state index contributed by atoms with van der Waals surface area (Å²) >= 11 is 2.66. The predicted octanol–water partition coefficient (Wildman–Crippen LogP) is 4.39. The van der Waals surface area contributed by atoms with Gasteiger partial charge < -0.3 is 34.6 Å². The second kappa shape index (κ2) is 16.2. The number of benzene rings is 4. The van der Waals surface area contributed by atoms with E-state index < -0.39 is 40.7 Å². The molecule has 3 aliphatic rings. The van der Waals surface area contributed by atoms with Crippen LogP contribution in [0, 0.1) is 0 Å². The Balaban J connectivity index is 1.01. The summed E-state index contributed by atoms with van der Waals surface area (Å²) in [4.78, 5) is 62.9. The average Bonchev–Trinajstić information content (AvgIpc) is 3.84. The standard InChI is InChI=1S/C44H40N6O7S2/c1-27(51)57-34-20-19-28-22-50(2,23-29(28)21-34)24-30-25-58-41-37(40(53)49(41)38(30)42(54)55)46-39(52)36(48-56-3)35-26-59-43(45-35)47-44(31-13-7-4-8-14-31,32-15-9-5-10-16-32)33-17-11-6-12-18-33/h4-21,26,37,41H,22-25H2,1-3H3,(H2-,45,46,47,52,54,55)/b48-36-/t37?,41-,50?/m1/s1. The van der Waals surface area contributed by atoms with Crippen LogP contribution in [-0.2, 0) is 42.6 Å². The van der Waals surface area contributed by atoms with E-state index in [2.05, 4.69) is 52.2 Å². The number of thiazole rings is 1. The Kier molecular flexibility index (Phi) is 10.8. The average molecular weight is 829 g/mol. The molecule has 1 saturated heterocycles. The SMILES string of the molecule is CO/N=C(\C(=O)NC1C(=O)N2C(C(=O)[O-])=C(C[N+]3(C)Cc4ccc(OC(C)=O)cc4C3)CS[C@H]12)c1csc(NC(c2ccccc2)(c2ccccc2)c2ccccc2)n1. The molecular weight excluding hydrogens is 789 g/mol. The number of oxime groups is 1. The summed E-state index contributed by atoms with van der Waals surface area (Å²) in [5.41, 5.74) is 4.61. The minimum atomic E-state index is -1.45. The molecule has 4 aromatic carbocycles. The van der Waals surface area contributed by atoms with E-state index >= 15 is 0 Å².